The first-order chi connectivity index (χ1) is 6.81. The first-order valence-electron chi connectivity index (χ1n) is 4.59. The third kappa shape index (κ3) is 0.746. The Morgan fingerprint density at radius 3 is 3.29 bits per heavy atom. The Bertz CT molecular complexity index is 443. The minimum atomic E-state index is -0.0774. The highest BCUT2D eigenvalue weighted by Crippen LogP contribution is 2.46. The van der Waals surface area contributed by atoms with Crippen LogP contribution in [-0.4, -0.2) is 11.9 Å². The van der Waals surface area contributed by atoms with Crippen LogP contribution in [0.25, 0.3) is 0 Å². The molecule has 2 heterocycles. The van der Waals surface area contributed by atoms with Gasteiger partial charge in [0.15, 0.2) is 0 Å². The summed E-state index contributed by atoms with van der Waals surface area (Å²) in [6.45, 7) is 0. The number of hydrogen-bond acceptors (Lipinski definition) is 3. The fourth-order valence-electron chi connectivity index (χ4n) is 2.31. The van der Waals surface area contributed by atoms with Crippen molar-refractivity contribution in [1.82, 2.24) is 5.32 Å². The Morgan fingerprint density at radius 1 is 1.64 bits per heavy atom. The minimum absolute atomic E-state index is 0.00880. The molecule has 1 amide bonds. The molecule has 0 radical (unpaired) electrons. The monoisotopic (exact) mass is 188 g/mol. The molecule has 0 saturated heterocycles. The number of hydrogen-bond donors (Lipinski definition) is 1. The zero-order chi connectivity index (χ0) is 9.71. The van der Waals surface area contributed by atoms with Crippen LogP contribution in [0.15, 0.2) is 16.7 Å². The molecule has 1 aliphatic heterocycles. The lowest BCUT2D eigenvalue weighted by atomic mass is 9.66. The van der Waals surface area contributed by atoms with Crippen molar-refractivity contribution in [3.05, 3.63) is 23.7 Å². The van der Waals surface area contributed by atoms with Gasteiger partial charge in [0.05, 0.1) is 29.7 Å². The van der Waals surface area contributed by atoms with Crippen LogP contribution >= 0.6 is 0 Å². The molecule has 1 aromatic rings. The number of rotatable bonds is 0. The van der Waals surface area contributed by atoms with E-state index in [9.17, 15) is 4.79 Å². The molecule has 0 unspecified atom stereocenters. The molecule has 70 valence electrons. The third-order valence-corrected chi connectivity index (χ3v) is 3.10. The Hall–Kier alpha value is -1.76. The summed E-state index contributed by atoms with van der Waals surface area (Å²) in [7, 11) is 0. The Labute approximate surface area is 80.5 Å². The number of carbonyl (C=O) groups is 1. The molecule has 0 aromatic carbocycles. The van der Waals surface area contributed by atoms with Crippen LogP contribution in [0.5, 0.6) is 0 Å². The highest BCUT2D eigenvalue weighted by Gasteiger charge is 2.49. The van der Waals surface area contributed by atoms with Crippen molar-refractivity contribution in [2.24, 2.45) is 5.92 Å². The molecule has 1 aromatic heterocycles. The van der Waals surface area contributed by atoms with E-state index < -0.39 is 0 Å². The fourth-order valence-corrected chi connectivity index (χ4v) is 2.31. The lowest BCUT2D eigenvalue weighted by Crippen LogP contribution is -2.54. The van der Waals surface area contributed by atoms with E-state index in [2.05, 4.69) is 11.4 Å². The van der Waals surface area contributed by atoms with E-state index in [0.717, 1.165) is 6.42 Å². The van der Waals surface area contributed by atoms with Crippen LogP contribution in [0.3, 0.4) is 0 Å². The average molecular weight is 188 g/mol. The van der Waals surface area contributed by atoms with Gasteiger partial charge in [-0.3, -0.25) is 4.79 Å². The van der Waals surface area contributed by atoms with E-state index in [4.69, 9.17) is 9.68 Å². The Morgan fingerprint density at radius 2 is 2.50 bits per heavy atom. The molecule has 0 bridgehead atoms. The Balaban J connectivity index is 2.08. The van der Waals surface area contributed by atoms with E-state index >= 15 is 0 Å². The second kappa shape index (κ2) is 2.38. The predicted octanol–water partition coefficient (Wildman–Crippen LogP) is 1.02. The maximum Gasteiger partial charge on any atom is 0.255 e. The van der Waals surface area contributed by atoms with Gasteiger partial charge >= 0.3 is 0 Å². The van der Waals surface area contributed by atoms with Crippen LogP contribution in [0.2, 0.25) is 0 Å². The summed E-state index contributed by atoms with van der Waals surface area (Å²) in [5.41, 5.74) is 0.589. The van der Waals surface area contributed by atoms with Gasteiger partial charge in [0.25, 0.3) is 5.91 Å². The van der Waals surface area contributed by atoms with Gasteiger partial charge in [-0.2, -0.15) is 5.26 Å². The number of amides is 1. The molecule has 3 atom stereocenters. The highest BCUT2D eigenvalue weighted by molar-refractivity contribution is 5.97. The molecular formula is C10H8N2O2. The second-order valence-corrected chi connectivity index (χ2v) is 3.78. The quantitative estimate of drug-likeness (QED) is 0.661. The van der Waals surface area contributed by atoms with Gasteiger partial charge in [-0.05, 0) is 12.5 Å². The molecule has 1 N–H and O–H groups in total. The molecule has 1 saturated carbocycles. The first-order valence-corrected chi connectivity index (χ1v) is 4.59. The minimum Gasteiger partial charge on any atom is -0.468 e. The van der Waals surface area contributed by atoms with E-state index in [-0.39, 0.29) is 23.8 Å². The van der Waals surface area contributed by atoms with Gasteiger partial charge < -0.3 is 9.73 Å². The van der Waals surface area contributed by atoms with E-state index in [1.807, 2.05) is 0 Å². The molecule has 0 spiro atoms. The third-order valence-electron chi connectivity index (χ3n) is 3.10. The standard InChI is InChI=1S/C10H8N2O2/c11-4-5-3-7-8(5)9-6(1-2-14-9)10(13)12-7/h1-2,5,7-8H,3H2,(H,12,13)/t5-,7+,8-/m1/s1. The number of furan rings is 1. The highest BCUT2D eigenvalue weighted by atomic mass is 16.3. The van der Waals surface area contributed by atoms with Crippen molar-refractivity contribution in [2.45, 2.75) is 18.4 Å². The summed E-state index contributed by atoms with van der Waals surface area (Å²) < 4.78 is 5.28. The van der Waals surface area contributed by atoms with Crippen LogP contribution in [-0.2, 0) is 0 Å². The van der Waals surface area contributed by atoms with Crippen molar-refractivity contribution >= 4 is 5.91 Å². The average Bonchev–Trinajstić information content (AvgIpc) is 2.58. The maximum atomic E-state index is 11.5. The summed E-state index contributed by atoms with van der Waals surface area (Å²) in [6, 6.07) is 4.00. The molecule has 3 rings (SSSR count). The van der Waals surface area contributed by atoms with Gasteiger partial charge in [-0.15, -0.1) is 0 Å². The summed E-state index contributed by atoms with van der Waals surface area (Å²) in [4.78, 5) is 11.5. The van der Waals surface area contributed by atoms with Crippen molar-refractivity contribution in [2.75, 3.05) is 0 Å². The normalized spacial score (nSPS) is 33.4. The fraction of sp³-hybridized carbons (Fsp3) is 0.400. The number of fused-ring (bicyclic) bond motifs is 3. The van der Waals surface area contributed by atoms with Gasteiger partial charge in [-0.25, -0.2) is 0 Å². The summed E-state index contributed by atoms with van der Waals surface area (Å²) in [6.07, 6.45) is 2.26. The summed E-state index contributed by atoms with van der Waals surface area (Å²) in [5, 5.41) is 11.7. The lowest BCUT2D eigenvalue weighted by molar-refractivity contribution is 0.0824. The van der Waals surface area contributed by atoms with Gasteiger partial charge in [0.2, 0.25) is 0 Å². The van der Waals surface area contributed by atoms with Crippen molar-refractivity contribution in [1.29, 1.82) is 5.26 Å². The van der Waals surface area contributed by atoms with Crippen molar-refractivity contribution in [3.8, 4) is 6.07 Å². The summed E-state index contributed by atoms with van der Waals surface area (Å²) >= 11 is 0. The zero-order valence-electron chi connectivity index (χ0n) is 7.36. The number of nitriles is 1. The van der Waals surface area contributed by atoms with E-state index in [0.29, 0.717) is 11.3 Å². The molecule has 2 aliphatic rings. The lowest BCUT2D eigenvalue weighted by Gasteiger charge is -2.43. The van der Waals surface area contributed by atoms with Crippen molar-refractivity contribution in [3.63, 3.8) is 0 Å². The molecule has 1 fully saturated rings. The number of nitrogens with one attached hydrogen (secondary N) is 1. The SMILES string of the molecule is N#C[C@H]1C[C@@H]2NC(=O)c3ccoc3[C@@H]21. The topological polar surface area (TPSA) is 66.0 Å². The smallest absolute Gasteiger partial charge is 0.255 e. The molecule has 14 heavy (non-hydrogen) atoms. The van der Waals surface area contributed by atoms with Crippen LogP contribution in [0.4, 0.5) is 0 Å². The van der Waals surface area contributed by atoms with E-state index in [1.54, 1.807) is 6.07 Å². The molecule has 4 nitrogen and oxygen atoms in total. The predicted molar refractivity (Wildman–Crippen MR) is 46.4 cm³/mol. The summed E-state index contributed by atoms with van der Waals surface area (Å²) in [5.74, 6) is 0.677. The van der Waals surface area contributed by atoms with Crippen LogP contribution < -0.4 is 5.32 Å². The van der Waals surface area contributed by atoms with Crippen molar-refractivity contribution < 1.29 is 9.21 Å². The maximum absolute atomic E-state index is 11.5. The van der Waals surface area contributed by atoms with E-state index in [1.165, 1.54) is 6.26 Å². The largest absolute Gasteiger partial charge is 0.468 e. The van der Waals surface area contributed by atoms with Gasteiger partial charge in [0, 0.05) is 6.04 Å². The van der Waals surface area contributed by atoms with Gasteiger partial charge in [0.1, 0.15) is 5.76 Å². The first kappa shape index (κ1) is 7.63. The second-order valence-electron chi connectivity index (χ2n) is 3.78. The Kier molecular flexibility index (Phi) is 1.30. The number of nitrogens with zero attached hydrogens (tertiary/aromatic N) is 1. The molecular weight excluding hydrogens is 180 g/mol. The molecule has 1 aliphatic carbocycles. The zero-order valence-corrected chi connectivity index (χ0v) is 7.36. The van der Waals surface area contributed by atoms with Crippen LogP contribution in [0, 0.1) is 17.2 Å². The van der Waals surface area contributed by atoms with Crippen LogP contribution in [0.1, 0.15) is 28.5 Å². The number of carbonyl (C=O) groups excluding carboxylic acids is 1. The molecule has 4 heteroatoms. The van der Waals surface area contributed by atoms with Gasteiger partial charge in [-0.1, -0.05) is 0 Å².